The van der Waals surface area contributed by atoms with Gasteiger partial charge in [0.15, 0.2) is 10.1 Å². The van der Waals surface area contributed by atoms with Crippen molar-refractivity contribution in [3.05, 3.63) is 119 Å². The van der Waals surface area contributed by atoms with Gasteiger partial charge in [-0.15, -0.1) is 10.2 Å². The maximum Gasteiger partial charge on any atom is 0.301 e. The maximum absolute atomic E-state index is 13.6. The van der Waals surface area contributed by atoms with Gasteiger partial charge in [0.05, 0.1) is 17.3 Å². The van der Waals surface area contributed by atoms with Crippen LogP contribution in [0.15, 0.2) is 101 Å². The van der Waals surface area contributed by atoms with Gasteiger partial charge in [-0.2, -0.15) is 0 Å². The number of pyridine rings is 2. The summed E-state index contributed by atoms with van der Waals surface area (Å²) in [6, 6.07) is 22.4. The molecule has 206 valence electrons. The van der Waals surface area contributed by atoms with Crippen LogP contribution in [0, 0.1) is 6.92 Å². The van der Waals surface area contributed by atoms with Crippen molar-refractivity contribution in [1.29, 1.82) is 0 Å². The molecule has 0 bridgehead atoms. The highest BCUT2D eigenvalue weighted by atomic mass is 32.2. The Balaban J connectivity index is 1.28. The van der Waals surface area contributed by atoms with E-state index < -0.39 is 17.7 Å². The summed E-state index contributed by atoms with van der Waals surface area (Å²) in [7, 11) is 0. The molecule has 0 spiro atoms. The Morgan fingerprint density at radius 3 is 2.69 bits per heavy atom. The predicted molar refractivity (Wildman–Crippen MR) is 162 cm³/mol. The molecular weight excluding hydrogens is 569 g/mol. The molecule has 7 rings (SSSR count). The zero-order valence-corrected chi connectivity index (χ0v) is 23.8. The number of nitrogens with zero attached hydrogens (tertiary/aromatic N) is 6. The number of Topliss-reactive ketones (excluding diaryl/α,β-unsaturated/α-hetero) is 1. The number of hydrogen-bond acceptors (Lipinski definition) is 9. The molecule has 9 nitrogen and oxygen atoms in total. The number of carbonyl (C=O) groups excluding carboxylic acids is 2. The van der Waals surface area contributed by atoms with E-state index in [1.165, 1.54) is 33.4 Å². The Hall–Kier alpha value is -4.87. The number of fused-ring (bicyclic) bond motifs is 2. The molecule has 4 aromatic heterocycles. The van der Waals surface area contributed by atoms with E-state index in [-0.39, 0.29) is 16.5 Å². The number of rotatable bonds is 6. The predicted octanol–water partition coefficient (Wildman–Crippen LogP) is 5.96. The smallest absolute Gasteiger partial charge is 0.301 e. The van der Waals surface area contributed by atoms with Crippen LogP contribution in [-0.4, -0.2) is 41.4 Å². The van der Waals surface area contributed by atoms with Crippen molar-refractivity contribution in [3.8, 4) is 0 Å². The second-order valence-corrected chi connectivity index (χ2v) is 11.9. The van der Waals surface area contributed by atoms with Gasteiger partial charge in [-0.05, 0) is 47.0 Å². The number of aliphatic hydroxyl groups excluding tert-OH is 1. The lowest BCUT2D eigenvalue weighted by Crippen LogP contribution is -2.29. The van der Waals surface area contributed by atoms with Crippen molar-refractivity contribution in [2.45, 2.75) is 23.1 Å². The van der Waals surface area contributed by atoms with E-state index in [1.807, 2.05) is 24.3 Å². The molecule has 2 aromatic carbocycles. The number of anilines is 1. The SMILES string of the molecule is Cc1nc2ccccn2c1/C(O)=C1\C(=O)C(=O)N(c2nnc(SCc3cccc4ccccc34)s2)C1c1cccnc1. The van der Waals surface area contributed by atoms with Gasteiger partial charge in [-0.3, -0.25) is 23.9 Å². The van der Waals surface area contributed by atoms with E-state index in [1.54, 1.807) is 54.2 Å². The molecular formula is C31H22N6O3S2. The van der Waals surface area contributed by atoms with Gasteiger partial charge in [-0.1, -0.05) is 77.7 Å². The molecule has 0 radical (unpaired) electrons. The first-order valence-corrected chi connectivity index (χ1v) is 14.9. The summed E-state index contributed by atoms with van der Waals surface area (Å²) in [5.74, 6) is -1.25. The van der Waals surface area contributed by atoms with Crippen LogP contribution in [0.4, 0.5) is 5.13 Å². The number of aromatic nitrogens is 5. The lowest BCUT2D eigenvalue weighted by Gasteiger charge is -2.22. The van der Waals surface area contributed by atoms with Crippen LogP contribution in [0.1, 0.15) is 28.6 Å². The third-order valence-electron chi connectivity index (χ3n) is 7.21. The summed E-state index contributed by atoms with van der Waals surface area (Å²) in [6.07, 6.45) is 4.94. The van der Waals surface area contributed by atoms with Crippen LogP contribution < -0.4 is 4.90 Å². The number of benzene rings is 2. The molecule has 1 saturated heterocycles. The zero-order valence-electron chi connectivity index (χ0n) is 22.2. The second-order valence-electron chi connectivity index (χ2n) is 9.71. The van der Waals surface area contributed by atoms with Gasteiger partial charge >= 0.3 is 5.91 Å². The summed E-state index contributed by atoms with van der Waals surface area (Å²) in [5.41, 5.74) is 3.15. The van der Waals surface area contributed by atoms with Crippen LogP contribution in [0.2, 0.25) is 0 Å². The molecule has 1 unspecified atom stereocenters. The third-order valence-corrected chi connectivity index (χ3v) is 9.31. The van der Waals surface area contributed by atoms with E-state index in [9.17, 15) is 14.7 Å². The number of thioether (sulfide) groups is 1. The van der Waals surface area contributed by atoms with E-state index in [4.69, 9.17) is 0 Å². The fourth-order valence-corrected chi connectivity index (χ4v) is 7.20. The standard InChI is InChI=1S/C31H22N6O3S2/c1-18-25(36-15-5-4-13-23(36)33-18)27(38)24-26(20-11-7-14-32-16-20)37(29(40)28(24)39)30-34-35-31(42-30)41-17-21-10-6-9-19-8-2-3-12-22(19)21/h2-16,26,38H,17H2,1H3/b27-24+. The molecule has 1 amide bonds. The summed E-state index contributed by atoms with van der Waals surface area (Å²) >= 11 is 2.74. The van der Waals surface area contributed by atoms with E-state index in [0.29, 0.717) is 32.7 Å². The van der Waals surface area contributed by atoms with Crippen molar-refractivity contribution in [2.24, 2.45) is 0 Å². The zero-order chi connectivity index (χ0) is 28.8. The fourth-order valence-electron chi connectivity index (χ4n) is 5.33. The molecule has 1 fully saturated rings. The molecule has 6 aromatic rings. The Labute approximate surface area is 248 Å². The van der Waals surface area contributed by atoms with E-state index in [2.05, 4.69) is 44.4 Å². The van der Waals surface area contributed by atoms with E-state index in [0.717, 1.165) is 10.9 Å². The Morgan fingerprint density at radius 1 is 1.00 bits per heavy atom. The van der Waals surface area contributed by atoms with Crippen molar-refractivity contribution < 1.29 is 14.7 Å². The van der Waals surface area contributed by atoms with Crippen molar-refractivity contribution in [1.82, 2.24) is 24.6 Å². The number of imidazole rings is 1. The first-order chi connectivity index (χ1) is 20.5. The summed E-state index contributed by atoms with van der Waals surface area (Å²) in [5, 5.41) is 22.9. The largest absolute Gasteiger partial charge is 0.505 e. The van der Waals surface area contributed by atoms with Crippen LogP contribution in [-0.2, 0) is 15.3 Å². The molecule has 1 aliphatic heterocycles. The Kier molecular flexibility index (Phi) is 6.52. The van der Waals surface area contributed by atoms with Crippen molar-refractivity contribution in [3.63, 3.8) is 0 Å². The molecule has 1 atom stereocenters. The molecule has 0 saturated carbocycles. The third kappa shape index (κ3) is 4.34. The molecule has 1 aliphatic rings. The number of hydrogen-bond donors (Lipinski definition) is 1. The average molecular weight is 591 g/mol. The van der Waals surface area contributed by atoms with Crippen molar-refractivity contribution in [2.75, 3.05) is 4.90 Å². The highest BCUT2D eigenvalue weighted by Crippen LogP contribution is 2.44. The number of aryl methyl sites for hydroxylation is 1. The molecule has 0 aliphatic carbocycles. The van der Waals surface area contributed by atoms with E-state index >= 15 is 0 Å². The second kappa shape index (κ2) is 10.5. The van der Waals surface area contributed by atoms with Gasteiger partial charge in [-0.25, -0.2) is 4.98 Å². The minimum atomic E-state index is -0.948. The fraction of sp³-hybridized carbons (Fsp3) is 0.0968. The van der Waals surface area contributed by atoms with Crippen LogP contribution in [0.25, 0.3) is 22.2 Å². The summed E-state index contributed by atoms with van der Waals surface area (Å²) < 4.78 is 2.35. The number of aliphatic hydroxyl groups is 1. The Bertz CT molecular complexity index is 2030. The first kappa shape index (κ1) is 26.1. The number of carbonyl (C=O) groups is 2. The first-order valence-electron chi connectivity index (χ1n) is 13.1. The molecule has 5 heterocycles. The number of ketones is 1. The lowest BCUT2D eigenvalue weighted by atomic mass is 9.97. The van der Waals surface area contributed by atoms with Crippen LogP contribution >= 0.6 is 23.1 Å². The molecule has 11 heteroatoms. The summed E-state index contributed by atoms with van der Waals surface area (Å²) in [4.78, 5) is 37.2. The van der Waals surface area contributed by atoms with Gasteiger partial charge in [0, 0.05) is 24.3 Å². The normalized spacial score (nSPS) is 16.6. The van der Waals surface area contributed by atoms with Crippen LogP contribution in [0.5, 0.6) is 0 Å². The van der Waals surface area contributed by atoms with Gasteiger partial charge in [0.2, 0.25) is 5.13 Å². The van der Waals surface area contributed by atoms with Gasteiger partial charge < -0.3 is 5.11 Å². The quantitative estimate of drug-likeness (QED) is 0.0831. The highest BCUT2D eigenvalue weighted by molar-refractivity contribution is 8.00. The minimum absolute atomic E-state index is 0.0538. The van der Waals surface area contributed by atoms with Gasteiger partial charge in [0.1, 0.15) is 11.3 Å². The number of amides is 1. The lowest BCUT2D eigenvalue weighted by molar-refractivity contribution is -0.132. The summed E-state index contributed by atoms with van der Waals surface area (Å²) in [6.45, 7) is 1.75. The molecule has 1 N–H and O–H groups in total. The van der Waals surface area contributed by atoms with Crippen molar-refractivity contribution >= 4 is 62.1 Å². The topological polar surface area (TPSA) is 114 Å². The average Bonchev–Trinajstić information content (AvgIpc) is 3.69. The Morgan fingerprint density at radius 2 is 1.83 bits per heavy atom. The molecule has 42 heavy (non-hydrogen) atoms. The van der Waals surface area contributed by atoms with Gasteiger partial charge in [0.25, 0.3) is 5.78 Å². The maximum atomic E-state index is 13.6. The highest BCUT2D eigenvalue weighted by Gasteiger charge is 2.49. The minimum Gasteiger partial charge on any atom is -0.505 e. The monoisotopic (exact) mass is 590 g/mol. The van der Waals surface area contributed by atoms with Crippen LogP contribution in [0.3, 0.4) is 0 Å².